The van der Waals surface area contributed by atoms with Gasteiger partial charge in [-0.2, -0.15) is 0 Å². The number of carbonyl (C=O) groups excluding carboxylic acids is 3. The highest BCUT2D eigenvalue weighted by atomic mass is 16.6. The molecule has 5 heteroatoms. The van der Waals surface area contributed by atoms with Gasteiger partial charge in [0.1, 0.15) is 5.78 Å². The van der Waals surface area contributed by atoms with Crippen molar-refractivity contribution in [3.8, 4) is 0 Å². The van der Waals surface area contributed by atoms with Crippen molar-refractivity contribution in [2.24, 2.45) is 17.8 Å². The van der Waals surface area contributed by atoms with Gasteiger partial charge in [0, 0.05) is 5.92 Å². The van der Waals surface area contributed by atoms with Crippen LogP contribution in [0.4, 0.5) is 0 Å². The maximum absolute atomic E-state index is 11.9. The van der Waals surface area contributed by atoms with Gasteiger partial charge in [-0.25, -0.2) is 0 Å². The van der Waals surface area contributed by atoms with E-state index < -0.39 is 23.8 Å². The Kier molecular flexibility index (Phi) is 8.03. The Balaban J connectivity index is 5.20. The molecule has 0 saturated heterocycles. The van der Waals surface area contributed by atoms with Crippen LogP contribution in [0.3, 0.4) is 0 Å². The SMILES string of the molecule is CCOC(=O)C(C(=O)OCC)C(CC(C)C)C(C)=O. The zero-order valence-electron chi connectivity index (χ0n) is 12.4. The van der Waals surface area contributed by atoms with Crippen LogP contribution in [0.25, 0.3) is 0 Å². The van der Waals surface area contributed by atoms with E-state index in [1.54, 1.807) is 13.8 Å². The van der Waals surface area contributed by atoms with Crippen LogP contribution < -0.4 is 0 Å². The molecule has 1 unspecified atom stereocenters. The molecular weight excluding hydrogens is 248 g/mol. The number of esters is 2. The molecule has 1 atom stereocenters. The molecule has 0 amide bonds. The normalized spacial score (nSPS) is 12.4. The third kappa shape index (κ3) is 5.85. The Labute approximate surface area is 114 Å². The van der Waals surface area contributed by atoms with Crippen LogP contribution in [0.2, 0.25) is 0 Å². The minimum Gasteiger partial charge on any atom is -0.465 e. The third-order valence-electron chi connectivity index (χ3n) is 2.73. The summed E-state index contributed by atoms with van der Waals surface area (Å²) in [6, 6.07) is 0. The highest BCUT2D eigenvalue weighted by Gasteiger charge is 2.40. The van der Waals surface area contributed by atoms with Gasteiger partial charge in [0.15, 0.2) is 5.92 Å². The van der Waals surface area contributed by atoms with E-state index in [9.17, 15) is 14.4 Å². The van der Waals surface area contributed by atoms with Crippen molar-refractivity contribution < 1.29 is 23.9 Å². The van der Waals surface area contributed by atoms with Crippen LogP contribution in [0.15, 0.2) is 0 Å². The van der Waals surface area contributed by atoms with Crippen molar-refractivity contribution in [2.75, 3.05) is 13.2 Å². The lowest BCUT2D eigenvalue weighted by Gasteiger charge is -2.23. The molecule has 0 aromatic rings. The summed E-state index contributed by atoms with van der Waals surface area (Å²) < 4.78 is 9.78. The molecule has 19 heavy (non-hydrogen) atoms. The first-order valence-electron chi connectivity index (χ1n) is 6.68. The number of carbonyl (C=O) groups is 3. The predicted molar refractivity (Wildman–Crippen MR) is 70.4 cm³/mol. The average molecular weight is 272 g/mol. The van der Waals surface area contributed by atoms with Gasteiger partial charge in [-0.15, -0.1) is 0 Å². The van der Waals surface area contributed by atoms with Gasteiger partial charge in [0.05, 0.1) is 13.2 Å². The van der Waals surface area contributed by atoms with Gasteiger partial charge in [0.2, 0.25) is 0 Å². The van der Waals surface area contributed by atoms with Crippen LogP contribution in [0, 0.1) is 17.8 Å². The highest BCUT2D eigenvalue weighted by Crippen LogP contribution is 2.24. The second-order valence-corrected chi connectivity index (χ2v) is 4.83. The molecule has 5 nitrogen and oxygen atoms in total. The van der Waals surface area contributed by atoms with Crippen LogP contribution in [-0.2, 0) is 23.9 Å². The number of hydrogen-bond donors (Lipinski definition) is 0. The van der Waals surface area contributed by atoms with Crippen LogP contribution in [0.1, 0.15) is 41.0 Å². The lowest BCUT2D eigenvalue weighted by molar-refractivity contribution is -0.166. The topological polar surface area (TPSA) is 69.7 Å². The van der Waals surface area contributed by atoms with Gasteiger partial charge < -0.3 is 9.47 Å². The van der Waals surface area contributed by atoms with E-state index in [4.69, 9.17) is 9.47 Å². The van der Waals surface area contributed by atoms with E-state index in [1.165, 1.54) is 6.92 Å². The van der Waals surface area contributed by atoms with Crippen molar-refractivity contribution in [3.05, 3.63) is 0 Å². The summed E-state index contributed by atoms with van der Waals surface area (Å²) in [5, 5.41) is 0. The monoisotopic (exact) mass is 272 g/mol. The second-order valence-electron chi connectivity index (χ2n) is 4.83. The third-order valence-corrected chi connectivity index (χ3v) is 2.73. The lowest BCUT2D eigenvalue weighted by atomic mass is 9.82. The average Bonchev–Trinajstić information content (AvgIpc) is 2.28. The zero-order valence-corrected chi connectivity index (χ0v) is 12.4. The summed E-state index contributed by atoms with van der Waals surface area (Å²) in [7, 11) is 0. The zero-order chi connectivity index (χ0) is 15.0. The number of ether oxygens (including phenoxy) is 2. The first-order valence-corrected chi connectivity index (χ1v) is 6.68. The minimum absolute atomic E-state index is 0.168. The highest BCUT2D eigenvalue weighted by molar-refractivity contribution is 6.00. The van der Waals surface area contributed by atoms with Gasteiger partial charge in [-0.3, -0.25) is 14.4 Å². The van der Waals surface area contributed by atoms with E-state index in [2.05, 4.69) is 0 Å². The maximum atomic E-state index is 11.9. The van der Waals surface area contributed by atoms with Crippen LogP contribution in [-0.4, -0.2) is 30.9 Å². The van der Waals surface area contributed by atoms with Crippen molar-refractivity contribution in [1.82, 2.24) is 0 Å². The van der Waals surface area contributed by atoms with Gasteiger partial charge in [0.25, 0.3) is 0 Å². The first kappa shape index (κ1) is 17.6. The van der Waals surface area contributed by atoms with Gasteiger partial charge in [-0.05, 0) is 33.1 Å². The van der Waals surface area contributed by atoms with Crippen molar-refractivity contribution >= 4 is 17.7 Å². The molecule has 0 spiro atoms. The molecule has 0 bridgehead atoms. The van der Waals surface area contributed by atoms with E-state index in [0.717, 1.165) is 0 Å². The summed E-state index contributed by atoms with van der Waals surface area (Å²) in [6.07, 6.45) is 0.456. The largest absolute Gasteiger partial charge is 0.465 e. The first-order chi connectivity index (χ1) is 8.84. The van der Waals surface area contributed by atoms with E-state index in [0.29, 0.717) is 6.42 Å². The Hall–Kier alpha value is -1.39. The molecule has 0 aliphatic carbocycles. The summed E-state index contributed by atoms with van der Waals surface area (Å²) in [5.74, 6) is -3.19. The predicted octanol–water partition coefficient (Wildman–Crippen LogP) is 1.98. The van der Waals surface area contributed by atoms with Crippen molar-refractivity contribution in [3.63, 3.8) is 0 Å². The molecule has 0 aliphatic rings. The Morgan fingerprint density at radius 3 is 1.63 bits per heavy atom. The molecule has 0 fully saturated rings. The summed E-state index contributed by atoms with van der Waals surface area (Å²) in [4.78, 5) is 35.5. The number of rotatable bonds is 8. The van der Waals surface area contributed by atoms with Crippen LogP contribution >= 0.6 is 0 Å². The molecule has 0 aromatic heterocycles. The summed E-state index contributed by atoms with van der Waals surface area (Å²) in [6.45, 7) is 8.91. The number of ketones is 1. The molecule has 0 heterocycles. The van der Waals surface area contributed by atoms with E-state index in [-0.39, 0.29) is 24.9 Å². The van der Waals surface area contributed by atoms with Gasteiger partial charge in [-0.1, -0.05) is 13.8 Å². The molecule has 0 saturated carbocycles. The Bertz CT molecular complexity index is 304. The standard InChI is InChI=1S/C14H24O5/c1-6-18-13(16)12(14(17)19-7-2)11(10(5)15)8-9(3)4/h9,11-12H,6-8H2,1-5H3. The number of Topliss-reactive ketones (excluding diaryl/α,β-unsaturated/α-hetero) is 1. The Morgan fingerprint density at radius 2 is 1.37 bits per heavy atom. The fourth-order valence-electron chi connectivity index (χ4n) is 1.93. The number of hydrogen-bond acceptors (Lipinski definition) is 5. The maximum Gasteiger partial charge on any atom is 0.321 e. The van der Waals surface area contributed by atoms with E-state index >= 15 is 0 Å². The van der Waals surface area contributed by atoms with Crippen LogP contribution in [0.5, 0.6) is 0 Å². The minimum atomic E-state index is -1.15. The molecular formula is C14H24O5. The summed E-state index contributed by atoms with van der Waals surface area (Å²) in [5.41, 5.74) is 0. The lowest BCUT2D eigenvalue weighted by Crippen LogP contribution is -2.38. The molecule has 0 N–H and O–H groups in total. The summed E-state index contributed by atoms with van der Waals surface area (Å²) >= 11 is 0. The molecule has 0 aromatic carbocycles. The van der Waals surface area contributed by atoms with Gasteiger partial charge >= 0.3 is 11.9 Å². The molecule has 110 valence electrons. The molecule has 0 radical (unpaired) electrons. The molecule has 0 rings (SSSR count). The van der Waals surface area contributed by atoms with Crippen molar-refractivity contribution in [1.29, 1.82) is 0 Å². The fraction of sp³-hybridized carbons (Fsp3) is 0.786. The second kappa shape index (κ2) is 8.67. The smallest absolute Gasteiger partial charge is 0.321 e. The Morgan fingerprint density at radius 1 is 0.947 bits per heavy atom. The molecule has 0 aliphatic heterocycles. The quantitative estimate of drug-likeness (QED) is 0.499. The van der Waals surface area contributed by atoms with Crippen molar-refractivity contribution in [2.45, 2.75) is 41.0 Å². The van der Waals surface area contributed by atoms with E-state index in [1.807, 2.05) is 13.8 Å². The fourth-order valence-corrected chi connectivity index (χ4v) is 1.93.